The fourth-order valence-electron chi connectivity index (χ4n) is 4.58. The van der Waals surface area contributed by atoms with Crippen LogP contribution in [0.1, 0.15) is 40.1 Å². The zero-order chi connectivity index (χ0) is 20.5. The van der Waals surface area contributed by atoms with Gasteiger partial charge in [-0.25, -0.2) is 0 Å². The van der Waals surface area contributed by atoms with Gasteiger partial charge in [0.15, 0.2) is 0 Å². The molecule has 5 rings (SSSR count). The summed E-state index contributed by atoms with van der Waals surface area (Å²) in [6.45, 7) is 2.84. The lowest BCUT2D eigenvalue weighted by molar-refractivity contribution is 0.0725. The average molecular weight is 399 g/mol. The fraction of sp³-hybridized carbons (Fsp3) is 0.280. The normalized spacial score (nSPS) is 16.5. The number of amides is 2. The number of hydrogen-bond donors (Lipinski definition) is 0. The van der Waals surface area contributed by atoms with E-state index in [2.05, 4.69) is 16.7 Å². The number of hydrogen-bond acceptors (Lipinski definition) is 2. The van der Waals surface area contributed by atoms with Crippen molar-refractivity contribution in [2.75, 3.05) is 24.5 Å². The van der Waals surface area contributed by atoms with Gasteiger partial charge >= 0.3 is 0 Å². The monoisotopic (exact) mass is 399 g/mol. The van der Waals surface area contributed by atoms with E-state index in [4.69, 9.17) is 0 Å². The summed E-state index contributed by atoms with van der Waals surface area (Å²) in [6.07, 6.45) is 3.27. The summed E-state index contributed by atoms with van der Waals surface area (Å²) in [5.41, 5.74) is 4.16. The van der Waals surface area contributed by atoms with Gasteiger partial charge in [0.2, 0.25) is 0 Å². The molecule has 1 fully saturated rings. The van der Waals surface area contributed by atoms with Crippen molar-refractivity contribution in [3.8, 4) is 11.3 Å². The Morgan fingerprint density at radius 1 is 0.700 bits per heavy atom. The largest absolute Gasteiger partial charge is 0.339 e. The lowest BCUT2D eigenvalue weighted by atomic mass is 10.1. The van der Waals surface area contributed by atoms with E-state index in [1.807, 2.05) is 59.5 Å². The van der Waals surface area contributed by atoms with Crippen LogP contribution in [0.5, 0.6) is 0 Å². The van der Waals surface area contributed by atoms with Crippen LogP contribution in [0.3, 0.4) is 0 Å². The molecule has 1 saturated heterocycles. The van der Waals surface area contributed by atoms with Gasteiger partial charge in [-0.1, -0.05) is 42.5 Å². The maximum Gasteiger partial charge on any atom is 0.274 e. The van der Waals surface area contributed by atoms with Gasteiger partial charge in [-0.15, -0.1) is 0 Å². The first-order chi connectivity index (χ1) is 14.7. The van der Waals surface area contributed by atoms with Crippen molar-refractivity contribution in [1.82, 2.24) is 9.47 Å². The Morgan fingerprint density at radius 2 is 1.40 bits per heavy atom. The summed E-state index contributed by atoms with van der Waals surface area (Å²) in [5, 5.41) is 0. The van der Waals surface area contributed by atoms with E-state index in [0.29, 0.717) is 30.0 Å². The molecule has 3 heterocycles. The standard InChI is InChI=1S/C25H25N3O2/c29-24(26-15-7-2-8-16-26)20-11-5-6-12-22(20)28-18-17-27-21(13-14-23(27)25(28)30)19-9-3-1-4-10-19/h1,3-6,9-14H,2,7-8,15-18H2. The van der Waals surface area contributed by atoms with Gasteiger partial charge in [0.05, 0.1) is 11.3 Å². The highest BCUT2D eigenvalue weighted by Crippen LogP contribution is 2.30. The summed E-state index contributed by atoms with van der Waals surface area (Å²) in [4.78, 5) is 30.3. The Hall–Kier alpha value is -3.34. The van der Waals surface area contributed by atoms with Crippen LogP contribution in [0, 0.1) is 0 Å². The molecule has 2 aliphatic heterocycles. The minimum atomic E-state index is -0.0534. The van der Waals surface area contributed by atoms with E-state index >= 15 is 0 Å². The first kappa shape index (κ1) is 18.7. The number of aromatic nitrogens is 1. The van der Waals surface area contributed by atoms with E-state index in [0.717, 1.165) is 37.2 Å². The van der Waals surface area contributed by atoms with Crippen LogP contribution in [-0.2, 0) is 6.54 Å². The Morgan fingerprint density at radius 3 is 2.20 bits per heavy atom. The zero-order valence-electron chi connectivity index (χ0n) is 17.0. The van der Waals surface area contributed by atoms with Gasteiger partial charge < -0.3 is 14.4 Å². The first-order valence-corrected chi connectivity index (χ1v) is 10.7. The van der Waals surface area contributed by atoms with E-state index in [9.17, 15) is 9.59 Å². The van der Waals surface area contributed by atoms with E-state index < -0.39 is 0 Å². The Balaban J connectivity index is 1.47. The maximum atomic E-state index is 13.4. The minimum Gasteiger partial charge on any atom is -0.339 e. The molecule has 0 unspecified atom stereocenters. The lowest BCUT2D eigenvalue weighted by Gasteiger charge is -2.32. The van der Waals surface area contributed by atoms with Crippen molar-refractivity contribution in [3.05, 3.63) is 78.0 Å². The summed E-state index contributed by atoms with van der Waals surface area (Å²) >= 11 is 0. The van der Waals surface area contributed by atoms with Crippen LogP contribution in [0.25, 0.3) is 11.3 Å². The second-order valence-electron chi connectivity index (χ2n) is 7.95. The van der Waals surface area contributed by atoms with Crippen LogP contribution in [-0.4, -0.2) is 40.9 Å². The highest BCUT2D eigenvalue weighted by Gasteiger charge is 2.31. The third kappa shape index (κ3) is 3.20. The maximum absolute atomic E-state index is 13.4. The van der Waals surface area contributed by atoms with Gasteiger partial charge in [0, 0.05) is 31.9 Å². The van der Waals surface area contributed by atoms with E-state index in [-0.39, 0.29) is 11.8 Å². The van der Waals surface area contributed by atoms with Gasteiger partial charge in [0.1, 0.15) is 5.69 Å². The van der Waals surface area contributed by atoms with Crippen molar-refractivity contribution in [1.29, 1.82) is 0 Å². The lowest BCUT2D eigenvalue weighted by Crippen LogP contribution is -2.42. The predicted octanol–water partition coefficient (Wildman–Crippen LogP) is 4.44. The number of para-hydroxylation sites is 1. The fourth-order valence-corrected chi connectivity index (χ4v) is 4.58. The molecule has 1 aromatic heterocycles. The molecule has 0 atom stereocenters. The number of likely N-dealkylation sites (tertiary alicyclic amines) is 1. The smallest absolute Gasteiger partial charge is 0.274 e. The van der Waals surface area contributed by atoms with Crippen molar-refractivity contribution < 1.29 is 9.59 Å². The van der Waals surface area contributed by atoms with E-state index in [1.165, 1.54) is 6.42 Å². The van der Waals surface area contributed by atoms with Crippen LogP contribution in [0.15, 0.2) is 66.7 Å². The molecule has 0 N–H and O–H groups in total. The average Bonchev–Trinajstić information content (AvgIpc) is 3.25. The predicted molar refractivity (Wildman–Crippen MR) is 118 cm³/mol. The molecule has 0 aliphatic carbocycles. The zero-order valence-corrected chi connectivity index (χ0v) is 17.0. The number of piperidine rings is 1. The van der Waals surface area contributed by atoms with Crippen molar-refractivity contribution in [2.24, 2.45) is 0 Å². The summed E-state index contributed by atoms with van der Waals surface area (Å²) < 4.78 is 2.09. The van der Waals surface area contributed by atoms with Gasteiger partial charge in [-0.2, -0.15) is 0 Å². The molecule has 0 spiro atoms. The summed E-state index contributed by atoms with van der Waals surface area (Å²) in [7, 11) is 0. The van der Waals surface area contributed by atoms with E-state index in [1.54, 1.807) is 4.90 Å². The number of anilines is 1. The summed E-state index contributed by atoms with van der Waals surface area (Å²) in [6, 6.07) is 21.6. The second-order valence-corrected chi connectivity index (χ2v) is 7.95. The highest BCUT2D eigenvalue weighted by atomic mass is 16.2. The highest BCUT2D eigenvalue weighted by molar-refractivity contribution is 6.10. The molecule has 2 aliphatic rings. The molecular weight excluding hydrogens is 374 g/mol. The van der Waals surface area contributed by atoms with Gasteiger partial charge in [-0.3, -0.25) is 9.59 Å². The Kier molecular flexibility index (Phi) is 4.87. The second kappa shape index (κ2) is 7.82. The molecular formula is C25H25N3O2. The topological polar surface area (TPSA) is 45.6 Å². The third-order valence-electron chi connectivity index (χ3n) is 6.13. The van der Waals surface area contributed by atoms with Crippen molar-refractivity contribution in [2.45, 2.75) is 25.8 Å². The number of carbonyl (C=O) groups excluding carboxylic acids is 2. The first-order valence-electron chi connectivity index (χ1n) is 10.7. The Labute approximate surface area is 176 Å². The van der Waals surface area contributed by atoms with Crippen LogP contribution in [0.4, 0.5) is 5.69 Å². The minimum absolute atomic E-state index is 0.0315. The molecule has 5 nitrogen and oxygen atoms in total. The van der Waals surface area contributed by atoms with Crippen LogP contribution < -0.4 is 4.90 Å². The molecule has 0 bridgehead atoms. The number of benzene rings is 2. The molecule has 152 valence electrons. The quantitative estimate of drug-likeness (QED) is 0.654. The molecule has 0 saturated carbocycles. The number of rotatable bonds is 3. The number of nitrogens with zero attached hydrogens (tertiary/aromatic N) is 3. The molecule has 30 heavy (non-hydrogen) atoms. The molecule has 0 radical (unpaired) electrons. The SMILES string of the molecule is O=C(c1ccccc1N1CCn2c(ccc2-c2ccccc2)C1=O)N1CCCCC1. The van der Waals surface area contributed by atoms with Crippen molar-refractivity contribution >= 4 is 17.5 Å². The number of fused-ring (bicyclic) bond motifs is 1. The van der Waals surface area contributed by atoms with Gasteiger partial charge in [0.25, 0.3) is 11.8 Å². The van der Waals surface area contributed by atoms with Crippen LogP contribution >= 0.6 is 0 Å². The van der Waals surface area contributed by atoms with Gasteiger partial charge in [-0.05, 0) is 49.1 Å². The van der Waals surface area contributed by atoms with Crippen LogP contribution in [0.2, 0.25) is 0 Å². The molecule has 2 aromatic carbocycles. The third-order valence-corrected chi connectivity index (χ3v) is 6.13. The summed E-state index contributed by atoms with van der Waals surface area (Å²) in [5.74, 6) is -0.0219. The molecule has 5 heteroatoms. The number of carbonyl (C=O) groups is 2. The Bertz CT molecular complexity index is 1080. The molecule has 3 aromatic rings. The van der Waals surface area contributed by atoms with Crippen molar-refractivity contribution in [3.63, 3.8) is 0 Å². The molecule has 2 amide bonds.